The molecule has 4 N–H and O–H groups in total. The monoisotopic (exact) mass is 1160 g/mol. The first-order valence-corrected chi connectivity index (χ1v) is 29.8. The molecule has 25 heteroatoms. The summed E-state index contributed by atoms with van der Waals surface area (Å²) in [5.74, 6) is -1.03. The van der Waals surface area contributed by atoms with Crippen LogP contribution in [0.1, 0.15) is 78.6 Å². The number of hydrogen-bond donors (Lipinski definition) is 4. The van der Waals surface area contributed by atoms with Crippen molar-refractivity contribution in [1.29, 1.82) is 0 Å². The third-order valence-corrected chi connectivity index (χ3v) is 17.1. The minimum atomic E-state index is -4.69. The molecule has 83 heavy (non-hydrogen) atoms. The van der Waals surface area contributed by atoms with Gasteiger partial charge in [-0.05, 0) is 105 Å². The molecule has 10 rings (SSSR count). The number of rotatable bonds is 16. The molecule has 0 unspecified atom stereocenters. The van der Waals surface area contributed by atoms with Crippen molar-refractivity contribution in [3.63, 3.8) is 0 Å². The molecule has 6 aromatic rings. The SMILES string of the molecule is CCOc1cc(N2CCC(C(=O)N3CCC(CN4CCN(Cc5ccc(-n6c(C(=O)N[C@H](C)C(F)(F)F)nnc6-c6cc(CC)c(O)cc6O)cc5)CC4)CC3)CC2)ccc1Nc1ncc2c(n1)N(S(C)(=O)=O)c1ccccc1C(=O)N2C. The number of aromatic nitrogens is 5. The van der Waals surface area contributed by atoms with E-state index in [0.29, 0.717) is 61.3 Å². The predicted molar refractivity (Wildman–Crippen MR) is 308 cm³/mol. The molecule has 3 fully saturated rings. The zero-order valence-corrected chi connectivity index (χ0v) is 47.8. The number of nitrogens with one attached hydrogen (secondary N) is 2. The number of halogens is 3. The lowest BCUT2D eigenvalue weighted by Crippen LogP contribution is -2.49. The van der Waals surface area contributed by atoms with Gasteiger partial charge in [0.1, 0.15) is 29.0 Å². The van der Waals surface area contributed by atoms with E-state index in [4.69, 9.17) is 4.74 Å². The molecule has 6 heterocycles. The summed E-state index contributed by atoms with van der Waals surface area (Å²) in [5.41, 5.74) is 4.15. The van der Waals surface area contributed by atoms with Gasteiger partial charge in [-0.3, -0.25) is 23.9 Å². The second-order valence-corrected chi connectivity index (χ2v) is 23.4. The number of anilines is 6. The van der Waals surface area contributed by atoms with E-state index in [1.165, 1.54) is 21.7 Å². The predicted octanol–water partition coefficient (Wildman–Crippen LogP) is 7.48. The first-order chi connectivity index (χ1) is 39.7. The maximum atomic E-state index is 13.9. The number of aromatic hydroxyl groups is 2. The zero-order chi connectivity index (χ0) is 58.9. The van der Waals surface area contributed by atoms with Gasteiger partial charge in [-0.2, -0.15) is 18.2 Å². The van der Waals surface area contributed by atoms with Gasteiger partial charge in [-0.15, -0.1) is 10.2 Å². The summed E-state index contributed by atoms with van der Waals surface area (Å²) in [6, 6.07) is 20.0. The fourth-order valence-corrected chi connectivity index (χ4v) is 12.3. The van der Waals surface area contributed by atoms with Crippen LogP contribution in [0.5, 0.6) is 17.2 Å². The van der Waals surface area contributed by atoms with E-state index in [-0.39, 0.29) is 63.4 Å². The largest absolute Gasteiger partial charge is 0.508 e. The molecule has 0 radical (unpaired) electrons. The molecule has 0 saturated carbocycles. The molecule has 21 nitrogen and oxygen atoms in total. The molecule has 0 spiro atoms. The lowest BCUT2D eigenvalue weighted by molar-refractivity contribution is -0.149. The van der Waals surface area contributed by atoms with Crippen molar-refractivity contribution >= 4 is 62.3 Å². The van der Waals surface area contributed by atoms with Gasteiger partial charge in [-0.25, -0.2) is 17.7 Å². The number of phenolic OH excluding ortho intramolecular Hbond substituents is 2. The van der Waals surface area contributed by atoms with Crippen LogP contribution in [0.15, 0.2) is 85.1 Å². The summed E-state index contributed by atoms with van der Waals surface area (Å²) in [6.45, 7) is 12.9. The van der Waals surface area contributed by atoms with E-state index >= 15 is 0 Å². The number of ether oxygens (including phenoxy) is 1. The van der Waals surface area contributed by atoms with E-state index in [0.717, 1.165) is 106 Å². The number of sulfonamides is 1. The minimum absolute atomic E-state index is 0.0156. The smallest absolute Gasteiger partial charge is 0.408 e. The van der Waals surface area contributed by atoms with E-state index in [9.17, 15) is 46.2 Å². The first-order valence-electron chi connectivity index (χ1n) is 27.9. The van der Waals surface area contributed by atoms with Crippen molar-refractivity contribution < 1.29 is 50.9 Å². The highest BCUT2D eigenvalue weighted by atomic mass is 32.2. The fraction of sp³-hybridized carbons (Fsp3) is 0.431. The van der Waals surface area contributed by atoms with Crippen molar-refractivity contribution in [2.75, 3.05) is 98.2 Å². The molecule has 0 aliphatic carbocycles. The molecule has 0 bridgehead atoms. The lowest BCUT2D eigenvalue weighted by Gasteiger charge is -2.40. The number of fused-ring (bicyclic) bond motifs is 2. The number of likely N-dealkylation sites (tertiary alicyclic amines) is 1. The van der Waals surface area contributed by atoms with E-state index in [1.54, 1.807) is 43.4 Å². The van der Waals surface area contributed by atoms with Gasteiger partial charge in [0.2, 0.25) is 27.7 Å². The van der Waals surface area contributed by atoms with E-state index in [1.807, 2.05) is 49.5 Å². The lowest BCUT2D eigenvalue weighted by atomic mass is 9.91. The Morgan fingerprint density at radius 2 is 1.51 bits per heavy atom. The van der Waals surface area contributed by atoms with Crippen molar-refractivity contribution in [2.45, 2.75) is 71.6 Å². The van der Waals surface area contributed by atoms with Crippen LogP contribution in [0.4, 0.5) is 47.7 Å². The standard InChI is InChI=1S/C58H68F3N13O8S/c1-6-39-30-44(49(76)32-48(39)75)51-66-67-53(54(77)63-36(3)58(59,60)61)73(51)41-14-12-37(13-15-41)34-69-26-28-70(29-27-69)35-38-18-22-72(23-19-38)55(78)40-20-24-71(25-21-40)42-16-17-45(50(31-42)82-7-2)64-57-62-33-47-52(65-57)74(83(5,80)81)46-11-9-8-10-43(46)56(79)68(47)4/h8-17,30-33,36,38,40,75-76H,6-7,18-29,34-35H2,1-5H3,(H,63,77)(H,62,64,65)/t36-/m1/s1. The normalized spacial score (nSPS) is 17.2. The van der Waals surface area contributed by atoms with Gasteiger partial charge in [0.05, 0.1) is 41.6 Å². The summed E-state index contributed by atoms with van der Waals surface area (Å²) in [4.78, 5) is 60.3. The zero-order valence-electron chi connectivity index (χ0n) is 46.9. The number of piperidine rings is 2. The highest BCUT2D eigenvalue weighted by molar-refractivity contribution is 7.92. The summed E-state index contributed by atoms with van der Waals surface area (Å²) in [7, 11) is -2.39. The summed E-state index contributed by atoms with van der Waals surface area (Å²) in [5, 5.41) is 34.5. The van der Waals surface area contributed by atoms with Crippen molar-refractivity contribution in [3.05, 3.63) is 108 Å². The fourth-order valence-electron chi connectivity index (χ4n) is 11.4. The number of carbonyl (C=O) groups excluding carboxylic acids is 3. The maximum absolute atomic E-state index is 13.9. The first kappa shape index (κ1) is 58.2. The molecule has 3 amide bonds. The second kappa shape index (κ2) is 24.1. The number of benzene rings is 4. The molecule has 4 aliphatic heterocycles. The van der Waals surface area contributed by atoms with Crippen molar-refractivity contribution in [3.8, 4) is 34.3 Å². The van der Waals surface area contributed by atoms with Crippen molar-refractivity contribution in [2.24, 2.45) is 11.8 Å². The van der Waals surface area contributed by atoms with Crippen LogP contribution in [0.3, 0.4) is 0 Å². The Morgan fingerprint density at radius 1 is 0.819 bits per heavy atom. The summed E-state index contributed by atoms with van der Waals surface area (Å²) >= 11 is 0. The Hall–Kier alpha value is -8.03. The molecule has 4 aromatic carbocycles. The van der Waals surface area contributed by atoms with E-state index < -0.39 is 39.9 Å². The highest BCUT2D eigenvalue weighted by Gasteiger charge is 2.39. The molecule has 2 aromatic heterocycles. The number of nitrogens with zero attached hydrogens (tertiary/aromatic N) is 11. The number of piperazine rings is 1. The third-order valence-electron chi connectivity index (χ3n) is 16.0. The van der Waals surface area contributed by atoms with Crippen LogP contribution in [-0.2, 0) is 27.8 Å². The number of amides is 3. The van der Waals surface area contributed by atoms with Gasteiger partial charge in [0, 0.05) is 102 Å². The molecular weight excluding hydrogens is 1100 g/mol. The Bertz CT molecular complexity index is 3490. The second-order valence-electron chi connectivity index (χ2n) is 21.6. The minimum Gasteiger partial charge on any atom is -0.508 e. The molecule has 1 atom stereocenters. The van der Waals surface area contributed by atoms with Gasteiger partial charge < -0.3 is 45.2 Å². The Labute approximate surface area is 479 Å². The van der Waals surface area contributed by atoms with E-state index in [2.05, 4.69) is 45.1 Å². The Kier molecular flexibility index (Phi) is 16.9. The van der Waals surface area contributed by atoms with Crippen LogP contribution < -0.4 is 29.5 Å². The molecule has 3 saturated heterocycles. The number of phenols is 2. The van der Waals surface area contributed by atoms with Crippen molar-refractivity contribution in [1.82, 2.24) is 44.7 Å². The van der Waals surface area contributed by atoms with Crippen LogP contribution in [-0.4, -0.2) is 167 Å². The van der Waals surface area contributed by atoms with Crippen LogP contribution >= 0.6 is 0 Å². The van der Waals surface area contributed by atoms with Gasteiger partial charge >= 0.3 is 6.18 Å². The Morgan fingerprint density at radius 3 is 2.18 bits per heavy atom. The number of aryl methyl sites for hydroxylation is 1. The molecular formula is C58H68F3N13O8S. The number of alkyl halides is 3. The third kappa shape index (κ3) is 12.5. The van der Waals surface area contributed by atoms with Crippen LogP contribution in [0.2, 0.25) is 0 Å². The average molecular weight is 1160 g/mol. The van der Waals surface area contributed by atoms with Crippen LogP contribution in [0.25, 0.3) is 17.1 Å². The number of para-hydroxylation sites is 1. The quantitative estimate of drug-likeness (QED) is 0.0735. The molecule has 440 valence electrons. The highest BCUT2D eigenvalue weighted by Crippen LogP contribution is 2.42. The molecule has 4 aliphatic rings. The summed E-state index contributed by atoms with van der Waals surface area (Å²) < 4.78 is 75.4. The average Bonchev–Trinajstić information content (AvgIpc) is 3.82. The van der Waals surface area contributed by atoms with Gasteiger partial charge in [0.25, 0.3) is 11.8 Å². The topological polar surface area (TPSA) is 235 Å². The number of carbonyl (C=O) groups is 3. The summed E-state index contributed by atoms with van der Waals surface area (Å²) in [6.07, 6.45) is 1.54. The maximum Gasteiger partial charge on any atom is 0.408 e. The van der Waals surface area contributed by atoms with Crippen LogP contribution in [0, 0.1) is 11.8 Å². The van der Waals surface area contributed by atoms with Gasteiger partial charge in [0.15, 0.2) is 11.6 Å². The number of hydrogen-bond acceptors (Lipinski definition) is 16. The van der Waals surface area contributed by atoms with Gasteiger partial charge in [-0.1, -0.05) is 31.2 Å². The Balaban J connectivity index is 0.698.